The van der Waals surface area contributed by atoms with E-state index in [0.717, 1.165) is 24.2 Å². The number of nitrogens with zero attached hydrogens (tertiary/aromatic N) is 3. The molecule has 3 aromatic rings. The molecule has 0 spiro atoms. The van der Waals surface area contributed by atoms with E-state index in [9.17, 15) is 4.79 Å². The zero-order valence-corrected chi connectivity index (χ0v) is 17.1. The number of halogens is 1. The van der Waals surface area contributed by atoms with Gasteiger partial charge in [-0.15, -0.1) is 12.4 Å². The topological polar surface area (TPSA) is 73.4 Å². The van der Waals surface area contributed by atoms with Gasteiger partial charge < -0.3 is 15.4 Å². The third kappa shape index (κ3) is 4.13. The molecule has 2 heterocycles. The molecule has 4 rings (SSSR count). The molecule has 2 aromatic carbocycles. The molecule has 6 nitrogen and oxygen atoms in total. The lowest BCUT2D eigenvalue weighted by atomic mass is 10.1. The summed E-state index contributed by atoms with van der Waals surface area (Å²) in [6, 6.07) is 17.4. The Morgan fingerprint density at radius 2 is 1.90 bits per heavy atom. The number of carbonyl (C=O) groups is 1. The number of methoxy groups -OCH3 is 1. The van der Waals surface area contributed by atoms with E-state index in [1.54, 1.807) is 11.8 Å². The van der Waals surface area contributed by atoms with Crippen molar-refractivity contribution in [2.24, 2.45) is 11.7 Å². The third-order valence-electron chi connectivity index (χ3n) is 5.23. The van der Waals surface area contributed by atoms with Gasteiger partial charge in [0.1, 0.15) is 11.4 Å². The van der Waals surface area contributed by atoms with Crippen LogP contribution in [0.15, 0.2) is 60.8 Å². The molecule has 0 radical (unpaired) electrons. The molecular weight excluding hydrogens is 388 g/mol. The maximum absolute atomic E-state index is 13.3. The lowest BCUT2D eigenvalue weighted by molar-refractivity contribution is 0.0788. The van der Waals surface area contributed by atoms with Gasteiger partial charge in [0.25, 0.3) is 5.91 Å². The van der Waals surface area contributed by atoms with Crippen LogP contribution >= 0.6 is 12.4 Å². The first-order chi connectivity index (χ1) is 13.7. The van der Waals surface area contributed by atoms with Crippen molar-refractivity contribution in [3.63, 3.8) is 0 Å². The zero-order chi connectivity index (χ0) is 19.5. The number of ether oxygens (including phenoxy) is 1. The normalized spacial score (nSPS) is 15.8. The molecular formula is C22H25ClN4O2. The van der Waals surface area contributed by atoms with E-state index >= 15 is 0 Å². The number of likely N-dealkylation sites (tertiary alicyclic amines) is 1. The van der Waals surface area contributed by atoms with Crippen LogP contribution in [0.25, 0.3) is 16.9 Å². The Labute approximate surface area is 176 Å². The molecule has 1 aliphatic heterocycles. The Morgan fingerprint density at radius 3 is 2.59 bits per heavy atom. The lowest BCUT2D eigenvalue weighted by Gasteiger charge is -2.16. The van der Waals surface area contributed by atoms with E-state index in [1.165, 1.54) is 0 Å². The lowest BCUT2D eigenvalue weighted by Crippen LogP contribution is -2.30. The monoisotopic (exact) mass is 412 g/mol. The molecule has 1 unspecified atom stereocenters. The molecule has 0 aliphatic carbocycles. The number of hydrogen-bond donors (Lipinski definition) is 1. The highest BCUT2D eigenvalue weighted by Gasteiger charge is 2.30. The summed E-state index contributed by atoms with van der Waals surface area (Å²) in [6.07, 6.45) is 2.76. The average Bonchev–Trinajstić information content (AvgIpc) is 3.41. The van der Waals surface area contributed by atoms with Crippen LogP contribution in [0.1, 0.15) is 16.8 Å². The quantitative estimate of drug-likeness (QED) is 0.697. The smallest absolute Gasteiger partial charge is 0.257 e. The first kappa shape index (κ1) is 20.9. The minimum atomic E-state index is -0.0148. The fraction of sp³-hybridized carbons (Fsp3) is 0.273. The van der Waals surface area contributed by atoms with E-state index in [0.29, 0.717) is 36.0 Å². The van der Waals surface area contributed by atoms with Gasteiger partial charge >= 0.3 is 0 Å². The largest absolute Gasteiger partial charge is 0.496 e. The molecule has 0 bridgehead atoms. The fourth-order valence-electron chi connectivity index (χ4n) is 3.66. The number of benzene rings is 2. The van der Waals surface area contributed by atoms with Crippen LogP contribution < -0.4 is 10.5 Å². The highest BCUT2D eigenvalue weighted by atomic mass is 35.5. The Morgan fingerprint density at radius 1 is 1.17 bits per heavy atom. The number of amides is 1. The van der Waals surface area contributed by atoms with Gasteiger partial charge in [-0.3, -0.25) is 4.79 Å². The number of hydrogen-bond acceptors (Lipinski definition) is 4. The van der Waals surface area contributed by atoms with Crippen LogP contribution in [0.3, 0.4) is 0 Å². The molecule has 1 fully saturated rings. The number of nitrogens with two attached hydrogens (primary N) is 1. The summed E-state index contributed by atoms with van der Waals surface area (Å²) in [4.78, 5) is 15.2. The van der Waals surface area contributed by atoms with Crippen molar-refractivity contribution in [1.29, 1.82) is 0 Å². The van der Waals surface area contributed by atoms with Crippen molar-refractivity contribution in [1.82, 2.24) is 14.7 Å². The van der Waals surface area contributed by atoms with Crippen molar-refractivity contribution < 1.29 is 9.53 Å². The van der Waals surface area contributed by atoms with Crippen molar-refractivity contribution in [3.8, 4) is 22.7 Å². The SMILES string of the molecule is COc1ccccc1-c1nn(-c2ccccc2)cc1C(=O)N1CCC(CN)C1.Cl. The molecule has 1 aliphatic rings. The van der Waals surface area contributed by atoms with Gasteiger partial charge in [-0.1, -0.05) is 30.3 Å². The Balaban J connectivity index is 0.00000240. The van der Waals surface area contributed by atoms with Crippen LogP contribution in [-0.4, -0.2) is 47.3 Å². The molecule has 29 heavy (non-hydrogen) atoms. The highest BCUT2D eigenvalue weighted by Crippen LogP contribution is 2.33. The summed E-state index contributed by atoms with van der Waals surface area (Å²) < 4.78 is 7.27. The number of rotatable bonds is 5. The second-order valence-electron chi connectivity index (χ2n) is 7.01. The molecule has 0 saturated carbocycles. The number of carbonyl (C=O) groups excluding carboxylic acids is 1. The average molecular weight is 413 g/mol. The molecule has 1 aromatic heterocycles. The maximum atomic E-state index is 13.3. The second kappa shape index (κ2) is 9.11. The van der Waals surface area contributed by atoms with E-state index in [-0.39, 0.29) is 18.3 Å². The van der Waals surface area contributed by atoms with E-state index in [1.807, 2.05) is 65.7 Å². The van der Waals surface area contributed by atoms with Crippen LogP contribution in [0.4, 0.5) is 0 Å². The van der Waals surface area contributed by atoms with Gasteiger partial charge in [-0.2, -0.15) is 5.10 Å². The summed E-state index contributed by atoms with van der Waals surface area (Å²) in [5.41, 5.74) is 8.71. The standard InChI is InChI=1S/C22H24N4O2.ClH/c1-28-20-10-6-5-9-18(20)21-19(22(27)25-12-11-16(13-23)14-25)15-26(24-21)17-7-3-2-4-8-17;/h2-10,15-16H,11-14,23H2,1H3;1H. The van der Waals surface area contributed by atoms with Gasteiger partial charge in [0, 0.05) is 24.8 Å². The molecule has 152 valence electrons. The Bertz CT molecular complexity index is 974. The van der Waals surface area contributed by atoms with Gasteiger partial charge in [0.2, 0.25) is 0 Å². The minimum Gasteiger partial charge on any atom is -0.496 e. The van der Waals surface area contributed by atoms with E-state index in [2.05, 4.69) is 0 Å². The summed E-state index contributed by atoms with van der Waals surface area (Å²) in [6.45, 7) is 2.02. The number of para-hydroxylation sites is 2. The second-order valence-corrected chi connectivity index (χ2v) is 7.01. The van der Waals surface area contributed by atoms with Crippen molar-refractivity contribution in [2.45, 2.75) is 6.42 Å². The predicted octanol–water partition coefficient (Wildman–Crippen LogP) is 3.39. The summed E-state index contributed by atoms with van der Waals surface area (Å²) >= 11 is 0. The zero-order valence-electron chi connectivity index (χ0n) is 16.3. The summed E-state index contributed by atoms with van der Waals surface area (Å²) in [7, 11) is 1.63. The van der Waals surface area contributed by atoms with E-state index in [4.69, 9.17) is 15.6 Å². The van der Waals surface area contributed by atoms with Crippen LogP contribution in [0.5, 0.6) is 5.75 Å². The van der Waals surface area contributed by atoms with Gasteiger partial charge in [0.15, 0.2) is 0 Å². The first-order valence-electron chi connectivity index (χ1n) is 9.49. The fourth-order valence-corrected chi connectivity index (χ4v) is 3.66. The van der Waals surface area contributed by atoms with Crippen molar-refractivity contribution in [3.05, 3.63) is 66.4 Å². The predicted molar refractivity (Wildman–Crippen MR) is 116 cm³/mol. The summed E-state index contributed by atoms with van der Waals surface area (Å²) in [5, 5.41) is 4.76. The Kier molecular flexibility index (Phi) is 6.56. The van der Waals surface area contributed by atoms with Crippen LogP contribution in [0, 0.1) is 5.92 Å². The number of aromatic nitrogens is 2. The minimum absolute atomic E-state index is 0. The van der Waals surface area contributed by atoms with E-state index < -0.39 is 0 Å². The molecule has 1 amide bonds. The van der Waals surface area contributed by atoms with Gasteiger partial charge in [0.05, 0.1) is 18.4 Å². The molecule has 2 N–H and O–H groups in total. The molecule has 1 atom stereocenters. The van der Waals surface area contributed by atoms with Gasteiger partial charge in [-0.25, -0.2) is 4.68 Å². The Hall–Kier alpha value is -2.83. The van der Waals surface area contributed by atoms with Crippen molar-refractivity contribution >= 4 is 18.3 Å². The van der Waals surface area contributed by atoms with Crippen LogP contribution in [-0.2, 0) is 0 Å². The molecule has 7 heteroatoms. The maximum Gasteiger partial charge on any atom is 0.257 e. The third-order valence-corrected chi connectivity index (χ3v) is 5.23. The molecule has 1 saturated heterocycles. The van der Waals surface area contributed by atoms with Crippen LogP contribution in [0.2, 0.25) is 0 Å². The highest BCUT2D eigenvalue weighted by molar-refractivity contribution is 6.00. The van der Waals surface area contributed by atoms with Gasteiger partial charge in [-0.05, 0) is 43.1 Å². The first-order valence-corrected chi connectivity index (χ1v) is 9.49. The van der Waals surface area contributed by atoms with Crippen molar-refractivity contribution in [2.75, 3.05) is 26.7 Å². The summed E-state index contributed by atoms with van der Waals surface area (Å²) in [5.74, 6) is 1.04.